The molecule has 7 heteroatoms. The van der Waals surface area contributed by atoms with E-state index in [9.17, 15) is 0 Å². The highest BCUT2D eigenvalue weighted by Crippen LogP contribution is 2.27. The van der Waals surface area contributed by atoms with Crippen LogP contribution in [0.5, 0.6) is 0 Å². The summed E-state index contributed by atoms with van der Waals surface area (Å²) in [5.74, 6) is 3.26. The molecule has 0 N–H and O–H groups in total. The molecule has 0 amide bonds. The minimum Gasteiger partial charge on any atom is -0.368 e. The molecule has 2 aliphatic heterocycles. The second kappa shape index (κ2) is 6.72. The molecule has 26 heavy (non-hydrogen) atoms. The number of benzene rings is 1. The molecule has 0 atom stereocenters. The molecule has 0 unspecified atom stereocenters. The number of hydrogen-bond acceptors (Lipinski definition) is 7. The number of hydrogen-bond donors (Lipinski definition) is 0. The van der Waals surface area contributed by atoms with Crippen LogP contribution in [0.2, 0.25) is 0 Å². The number of anilines is 2. The Balaban J connectivity index is 1.31. The van der Waals surface area contributed by atoms with Gasteiger partial charge in [0.25, 0.3) is 0 Å². The minimum absolute atomic E-state index is 0.962. The average molecular weight is 364 g/mol. The molecule has 0 radical (unpaired) electrons. The molecule has 1 saturated heterocycles. The van der Waals surface area contributed by atoms with Gasteiger partial charge in [-0.25, -0.2) is 9.97 Å². The minimum atomic E-state index is 0.962. The Morgan fingerprint density at radius 2 is 1.85 bits per heavy atom. The molecule has 1 fully saturated rings. The third-order valence-corrected chi connectivity index (χ3v) is 6.15. The average Bonchev–Trinajstić information content (AvgIpc) is 2.73. The molecule has 0 aliphatic carbocycles. The maximum Gasteiger partial charge on any atom is 0.151 e. The summed E-state index contributed by atoms with van der Waals surface area (Å²) in [7, 11) is 0. The molecule has 2 aromatic heterocycles. The van der Waals surface area contributed by atoms with Crippen LogP contribution in [0.3, 0.4) is 0 Å². The summed E-state index contributed by atoms with van der Waals surface area (Å²) in [6, 6.07) is 8.66. The van der Waals surface area contributed by atoms with E-state index >= 15 is 0 Å². The standard InChI is InChI=1S/C19H20N6S/c1-2-17-14(11-20-13-21-17)9-16(1)24-4-6-25(7-5-24)19-10-15-12-26-8-3-18(15)22-23-19/h1-2,9-11,13H,3-8,12H2. The van der Waals surface area contributed by atoms with Crippen molar-refractivity contribution in [2.24, 2.45) is 0 Å². The Hall–Kier alpha value is -2.41. The lowest BCUT2D eigenvalue weighted by Crippen LogP contribution is -2.47. The van der Waals surface area contributed by atoms with Crippen LogP contribution >= 0.6 is 11.8 Å². The van der Waals surface area contributed by atoms with Gasteiger partial charge >= 0.3 is 0 Å². The molecule has 0 spiro atoms. The smallest absolute Gasteiger partial charge is 0.151 e. The zero-order valence-corrected chi connectivity index (χ0v) is 15.3. The van der Waals surface area contributed by atoms with E-state index in [-0.39, 0.29) is 0 Å². The van der Waals surface area contributed by atoms with Crippen LogP contribution < -0.4 is 9.80 Å². The second-order valence-electron chi connectivity index (χ2n) is 6.72. The Kier molecular flexibility index (Phi) is 4.09. The van der Waals surface area contributed by atoms with E-state index < -0.39 is 0 Å². The molecule has 3 aromatic rings. The first-order valence-electron chi connectivity index (χ1n) is 9.00. The summed E-state index contributed by atoms with van der Waals surface area (Å²) in [4.78, 5) is 13.2. The SMILES string of the molecule is c1ncc2cc(N3CCN(c4cc5c(nn4)CCSC5)CC3)ccc2n1. The molecule has 1 aromatic carbocycles. The van der Waals surface area contributed by atoms with Gasteiger partial charge in [0.05, 0.1) is 11.2 Å². The number of rotatable bonds is 2. The van der Waals surface area contributed by atoms with Crippen molar-refractivity contribution in [3.63, 3.8) is 0 Å². The Morgan fingerprint density at radius 3 is 2.77 bits per heavy atom. The Bertz CT molecular complexity index is 938. The third-order valence-electron chi connectivity index (χ3n) is 5.14. The van der Waals surface area contributed by atoms with Crippen LogP contribution in [0, 0.1) is 0 Å². The highest BCUT2D eigenvalue weighted by molar-refractivity contribution is 7.98. The number of piperazine rings is 1. The van der Waals surface area contributed by atoms with Crippen LogP contribution in [0.15, 0.2) is 36.8 Å². The van der Waals surface area contributed by atoms with E-state index in [0.717, 1.165) is 60.8 Å². The van der Waals surface area contributed by atoms with Gasteiger partial charge in [-0.3, -0.25) is 0 Å². The van der Waals surface area contributed by atoms with Gasteiger partial charge < -0.3 is 9.80 Å². The van der Waals surface area contributed by atoms with Crippen molar-refractivity contribution in [2.75, 3.05) is 41.7 Å². The lowest BCUT2D eigenvalue weighted by Gasteiger charge is -2.36. The van der Waals surface area contributed by atoms with E-state index in [1.807, 2.05) is 18.0 Å². The van der Waals surface area contributed by atoms with Crippen LogP contribution in [0.25, 0.3) is 10.9 Å². The van der Waals surface area contributed by atoms with Gasteiger partial charge in [0, 0.05) is 55.6 Å². The largest absolute Gasteiger partial charge is 0.368 e. The molecule has 6 nitrogen and oxygen atoms in total. The Labute approximate surface area is 156 Å². The first-order chi connectivity index (χ1) is 12.9. The van der Waals surface area contributed by atoms with Gasteiger partial charge in [0.15, 0.2) is 5.82 Å². The topological polar surface area (TPSA) is 58.0 Å². The fourth-order valence-corrected chi connectivity index (χ4v) is 4.60. The normalized spacial score (nSPS) is 17.4. The molecule has 0 bridgehead atoms. The van der Waals surface area contributed by atoms with Crippen LogP contribution in [-0.4, -0.2) is 52.1 Å². The highest BCUT2D eigenvalue weighted by Gasteiger charge is 2.21. The number of aryl methyl sites for hydroxylation is 1. The highest BCUT2D eigenvalue weighted by atomic mass is 32.2. The van der Waals surface area contributed by atoms with Gasteiger partial charge in [-0.05, 0) is 35.6 Å². The summed E-state index contributed by atoms with van der Waals surface area (Å²) < 4.78 is 0. The number of thioether (sulfide) groups is 1. The summed E-state index contributed by atoms with van der Waals surface area (Å²) >= 11 is 1.99. The van der Waals surface area contributed by atoms with Crippen molar-refractivity contribution >= 4 is 34.2 Å². The second-order valence-corrected chi connectivity index (χ2v) is 7.82. The van der Waals surface area contributed by atoms with Crippen LogP contribution in [0.4, 0.5) is 11.5 Å². The van der Waals surface area contributed by atoms with Crippen LogP contribution in [0.1, 0.15) is 11.3 Å². The van der Waals surface area contributed by atoms with Crippen LogP contribution in [-0.2, 0) is 12.2 Å². The molecular formula is C19H20N6S. The van der Waals surface area contributed by atoms with Crippen molar-refractivity contribution in [3.8, 4) is 0 Å². The van der Waals surface area contributed by atoms with Gasteiger partial charge in [-0.1, -0.05) is 0 Å². The van der Waals surface area contributed by atoms with E-state index in [1.165, 1.54) is 16.9 Å². The van der Waals surface area contributed by atoms with Gasteiger partial charge in [-0.2, -0.15) is 16.9 Å². The van der Waals surface area contributed by atoms with Crippen molar-refractivity contribution < 1.29 is 0 Å². The summed E-state index contributed by atoms with van der Waals surface area (Å²) in [5.41, 5.74) is 4.78. The van der Waals surface area contributed by atoms with Crippen molar-refractivity contribution in [3.05, 3.63) is 48.0 Å². The van der Waals surface area contributed by atoms with Gasteiger partial charge in [0.2, 0.25) is 0 Å². The first-order valence-corrected chi connectivity index (χ1v) is 10.2. The van der Waals surface area contributed by atoms with E-state index in [4.69, 9.17) is 0 Å². The maximum atomic E-state index is 4.49. The fraction of sp³-hybridized carbons (Fsp3) is 0.368. The Morgan fingerprint density at radius 1 is 0.962 bits per heavy atom. The fourth-order valence-electron chi connectivity index (χ4n) is 3.65. The quantitative estimate of drug-likeness (QED) is 0.692. The number of nitrogens with zero attached hydrogens (tertiary/aromatic N) is 6. The lowest BCUT2D eigenvalue weighted by molar-refractivity contribution is 0.642. The summed E-state index contributed by atoms with van der Waals surface area (Å²) in [6.07, 6.45) is 4.52. The summed E-state index contributed by atoms with van der Waals surface area (Å²) in [6.45, 7) is 3.88. The van der Waals surface area contributed by atoms with Crippen molar-refractivity contribution in [1.29, 1.82) is 0 Å². The molecule has 4 heterocycles. The molecule has 132 valence electrons. The predicted molar refractivity (Wildman–Crippen MR) is 106 cm³/mol. The molecule has 0 saturated carbocycles. The zero-order valence-electron chi connectivity index (χ0n) is 14.5. The number of fused-ring (bicyclic) bond motifs is 2. The van der Waals surface area contributed by atoms with E-state index in [1.54, 1.807) is 6.33 Å². The van der Waals surface area contributed by atoms with Gasteiger partial charge in [0.1, 0.15) is 6.33 Å². The lowest BCUT2D eigenvalue weighted by atomic mass is 10.1. The predicted octanol–water partition coefficient (Wildman–Crippen LogP) is 2.54. The molecular weight excluding hydrogens is 344 g/mol. The molecule has 5 rings (SSSR count). The van der Waals surface area contributed by atoms with Crippen molar-refractivity contribution in [2.45, 2.75) is 12.2 Å². The van der Waals surface area contributed by atoms with Crippen molar-refractivity contribution in [1.82, 2.24) is 20.2 Å². The maximum absolute atomic E-state index is 4.49. The third kappa shape index (κ3) is 2.96. The summed E-state index contributed by atoms with van der Waals surface area (Å²) in [5, 5.41) is 10.0. The first kappa shape index (κ1) is 15.8. The van der Waals surface area contributed by atoms with E-state index in [0.29, 0.717) is 0 Å². The monoisotopic (exact) mass is 364 g/mol. The van der Waals surface area contributed by atoms with E-state index in [2.05, 4.69) is 54.2 Å². The molecule has 2 aliphatic rings. The number of aromatic nitrogens is 4. The zero-order chi connectivity index (χ0) is 17.3. The van der Waals surface area contributed by atoms with Gasteiger partial charge in [-0.15, -0.1) is 5.10 Å².